The molecule has 0 saturated heterocycles. The number of nitrogens with zero attached hydrogens (tertiary/aromatic N) is 2. The molecule has 10 rings (SSSR count). The quantitative estimate of drug-likeness (QED) is 0.138. The van der Waals surface area contributed by atoms with Gasteiger partial charge in [0.05, 0.1) is 5.69 Å². The van der Waals surface area contributed by atoms with Crippen LogP contribution in [0, 0.1) is 11.8 Å². The molecule has 0 N–H and O–H groups in total. The van der Waals surface area contributed by atoms with Crippen molar-refractivity contribution in [3.8, 4) is 11.1 Å². The second kappa shape index (κ2) is 14.0. The van der Waals surface area contributed by atoms with E-state index in [9.17, 15) is 0 Å². The first kappa shape index (κ1) is 34.6. The van der Waals surface area contributed by atoms with E-state index in [0.29, 0.717) is 5.92 Å². The van der Waals surface area contributed by atoms with Gasteiger partial charge in [-0.3, -0.25) is 0 Å². The Morgan fingerprint density at radius 3 is 1.46 bits per heavy atom. The second-order valence-corrected chi connectivity index (χ2v) is 16.4. The Labute approximate surface area is 333 Å². The third kappa shape index (κ3) is 5.37. The first-order valence-electron chi connectivity index (χ1n) is 20.8. The number of benzene rings is 7. The number of rotatable bonds is 10. The van der Waals surface area contributed by atoms with E-state index in [1.807, 2.05) is 0 Å². The lowest BCUT2D eigenvalue weighted by Crippen LogP contribution is -2.34. The van der Waals surface area contributed by atoms with Crippen molar-refractivity contribution in [2.24, 2.45) is 11.8 Å². The molecule has 2 nitrogen and oxygen atoms in total. The minimum atomic E-state index is 0.0106. The fourth-order valence-electron chi connectivity index (χ4n) is 11.3. The highest BCUT2D eigenvalue weighted by Gasteiger charge is 2.53. The normalized spacial score (nSPS) is 20.0. The topological polar surface area (TPSA) is 6.48 Å². The summed E-state index contributed by atoms with van der Waals surface area (Å²) in [5.74, 6) is 1.44. The van der Waals surface area contributed by atoms with Crippen LogP contribution in [0.5, 0.6) is 0 Å². The number of para-hydroxylation sites is 3. The van der Waals surface area contributed by atoms with E-state index < -0.39 is 0 Å². The van der Waals surface area contributed by atoms with Crippen molar-refractivity contribution in [2.75, 3.05) is 9.80 Å². The summed E-state index contributed by atoms with van der Waals surface area (Å²) in [5, 5.41) is 0. The molecule has 0 amide bonds. The fourth-order valence-corrected chi connectivity index (χ4v) is 11.3. The van der Waals surface area contributed by atoms with E-state index in [4.69, 9.17) is 0 Å². The zero-order valence-electron chi connectivity index (χ0n) is 32.6. The SMILES string of the molecule is CCC1(CC)c2ccccc2-c2c(N(c3ccccc3)c3ccc(C4(c5ccc(N(c6ccccc6)c6ccccc6)cc5)CC5CCC4C5)cc3)cccc21. The maximum Gasteiger partial charge on any atom is 0.0543 e. The van der Waals surface area contributed by atoms with Crippen molar-refractivity contribution in [1.29, 1.82) is 0 Å². The first-order chi connectivity index (χ1) is 27.6. The van der Waals surface area contributed by atoms with E-state index in [2.05, 4.69) is 206 Å². The summed E-state index contributed by atoms with van der Waals surface area (Å²) in [7, 11) is 0. The van der Waals surface area contributed by atoms with Crippen molar-refractivity contribution >= 4 is 34.1 Å². The van der Waals surface area contributed by atoms with Crippen molar-refractivity contribution in [2.45, 2.75) is 63.2 Å². The van der Waals surface area contributed by atoms with Crippen LogP contribution in [0.1, 0.15) is 74.6 Å². The molecule has 3 aliphatic rings. The predicted molar refractivity (Wildman–Crippen MR) is 235 cm³/mol. The van der Waals surface area contributed by atoms with Gasteiger partial charge in [-0.2, -0.15) is 0 Å². The Kier molecular flexibility index (Phi) is 8.66. The molecule has 2 saturated carbocycles. The van der Waals surface area contributed by atoms with Gasteiger partial charge < -0.3 is 9.80 Å². The maximum atomic E-state index is 2.50. The third-order valence-corrected chi connectivity index (χ3v) is 13.9. The van der Waals surface area contributed by atoms with Gasteiger partial charge in [0.15, 0.2) is 0 Å². The van der Waals surface area contributed by atoms with Gasteiger partial charge in [-0.15, -0.1) is 0 Å². The molecular formula is C54H50N2. The largest absolute Gasteiger partial charge is 0.311 e. The fraction of sp³-hybridized carbons (Fsp3) is 0.222. The average molecular weight is 727 g/mol. The Balaban J connectivity index is 1.07. The average Bonchev–Trinajstić information content (AvgIpc) is 3.97. The van der Waals surface area contributed by atoms with Crippen LogP contribution >= 0.6 is 0 Å². The predicted octanol–water partition coefficient (Wildman–Crippen LogP) is 14.8. The molecule has 3 aliphatic carbocycles. The molecule has 0 aliphatic heterocycles. The van der Waals surface area contributed by atoms with E-state index in [1.165, 1.54) is 93.2 Å². The third-order valence-electron chi connectivity index (χ3n) is 13.9. The van der Waals surface area contributed by atoms with Gasteiger partial charge in [-0.25, -0.2) is 0 Å². The summed E-state index contributed by atoms with van der Waals surface area (Å²) < 4.78 is 0. The highest BCUT2D eigenvalue weighted by molar-refractivity contribution is 5.95. The van der Waals surface area contributed by atoms with Crippen molar-refractivity contribution in [1.82, 2.24) is 0 Å². The van der Waals surface area contributed by atoms with Crippen LogP contribution in [-0.4, -0.2) is 0 Å². The summed E-state index contributed by atoms with van der Waals surface area (Å²) in [5.41, 5.74) is 15.8. The van der Waals surface area contributed by atoms with Gasteiger partial charge in [0.25, 0.3) is 0 Å². The van der Waals surface area contributed by atoms with Crippen LogP contribution in [0.25, 0.3) is 11.1 Å². The van der Waals surface area contributed by atoms with E-state index in [1.54, 1.807) is 0 Å². The molecule has 2 heteroatoms. The maximum absolute atomic E-state index is 2.50. The molecule has 276 valence electrons. The van der Waals surface area contributed by atoms with Crippen LogP contribution < -0.4 is 9.80 Å². The van der Waals surface area contributed by atoms with Gasteiger partial charge in [0, 0.05) is 44.8 Å². The van der Waals surface area contributed by atoms with Crippen molar-refractivity contribution < 1.29 is 0 Å². The first-order valence-corrected chi connectivity index (χ1v) is 20.8. The Morgan fingerprint density at radius 2 is 0.946 bits per heavy atom. The minimum Gasteiger partial charge on any atom is -0.311 e. The lowest BCUT2D eigenvalue weighted by atomic mass is 9.64. The highest BCUT2D eigenvalue weighted by Crippen LogP contribution is 2.61. The zero-order valence-corrected chi connectivity index (χ0v) is 32.6. The van der Waals surface area contributed by atoms with Crippen LogP contribution in [0.15, 0.2) is 182 Å². The standard InChI is InChI=1S/C54H50N2/c1-3-53(4-2)49-24-15-14-23-48(49)52-50(53)25-16-26-51(52)56(45-21-12-7-13-22-45)47-35-31-41(32-36-47)54(38-39-27-28-42(54)37-39)40-29-33-46(34-30-40)55(43-17-8-5-9-18-43)44-19-10-6-11-20-44/h5-26,29-36,39,42H,3-4,27-28,37-38H2,1-2H3. The van der Waals surface area contributed by atoms with Gasteiger partial charge in [-0.05, 0) is 138 Å². The molecule has 0 heterocycles. The van der Waals surface area contributed by atoms with E-state index in [0.717, 1.165) is 18.8 Å². The van der Waals surface area contributed by atoms with Gasteiger partial charge in [0.1, 0.15) is 0 Å². The minimum absolute atomic E-state index is 0.0106. The molecule has 3 unspecified atom stereocenters. The number of hydrogen-bond acceptors (Lipinski definition) is 2. The summed E-state index contributed by atoms with van der Waals surface area (Å²) in [6.45, 7) is 4.72. The molecule has 56 heavy (non-hydrogen) atoms. The molecule has 3 atom stereocenters. The summed E-state index contributed by atoms with van der Waals surface area (Å²) in [6, 6.07) is 68.0. The number of anilines is 6. The number of fused-ring (bicyclic) bond motifs is 5. The summed E-state index contributed by atoms with van der Waals surface area (Å²) >= 11 is 0. The van der Waals surface area contributed by atoms with Crippen LogP contribution in [0.2, 0.25) is 0 Å². The number of hydrogen-bond donors (Lipinski definition) is 0. The van der Waals surface area contributed by atoms with Crippen LogP contribution in [0.4, 0.5) is 34.1 Å². The molecule has 7 aromatic rings. The molecule has 2 fully saturated rings. The second-order valence-electron chi connectivity index (χ2n) is 16.4. The Morgan fingerprint density at radius 1 is 0.464 bits per heavy atom. The summed E-state index contributed by atoms with van der Waals surface area (Å²) in [6.07, 6.45) is 7.37. The van der Waals surface area contributed by atoms with E-state index >= 15 is 0 Å². The molecule has 7 aromatic carbocycles. The monoisotopic (exact) mass is 726 g/mol. The lowest BCUT2D eigenvalue weighted by molar-refractivity contribution is 0.320. The van der Waals surface area contributed by atoms with Crippen LogP contribution in [-0.2, 0) is 10.8 Å². The molecule has 2 bridgehead atoms. The van der Waals surface area contributed by atoms with Crippen molar-refractivity contribution in [3.63, 3.8) is 0 Å². The highest BCUT2D eigenvalue weighted by atomic mass is 15.1. The zero-order chi connectivity index (χ0) is 37.7. The molecule has 0 aromatic heterocycles. The lowest BCUT2D eigenvalue weighted by Gasteiger charge is -2.40. The van der Waals surface area contributed by atoms with Gasteiger partial charge >= 0.3 is 0 Å². The Bertz CT molecular complexity index is 2410. The Hall–Kier alpha value is -5.86. The molecular weight excluding hydrogens is 677 g/mol. The smallest absolute Gasteiger partial charge is 0.0543 e. The molecule has 0 radical (unpaired) electrons. The van der Waals surface area contributed by atoms with E-state index in [-0.39, 0.29) is 10.8 Å². The molecule has 0 spiro atoms. The van der Waals surface area contributed by atoms with Crippen molar-refractivity contribution in [3.05, 3.63) is 204 Å². The van der Waals surface area contributed by atoms with Gasteiger partial charge in [-0.1, -0.05) is 136 Å². The van der Waals surface area contributed by atoms with Crippen LogP contribution in [0.3, 0.4) is 0 Å². The summed E-state index contributed by atoms with van der Waals surface area (Å²) in [4.78, 5) is 4.87. The van der Waals surface area contributed by atoms with Gasteiger partial charge in [0.2, 0.25) is 0 Å².